The molecule has 1 unspecified atom stereocenters. The molecule has 0 bridgehead atoms. The number of piperazine rings is 1. The maximum Gasteiger partial charge on any atom is 0.329 e. The van der Waals surface area contributed by atoms with Crippen molar-refractivity contribution in [1.82, 2.24) is 34.2 Å². The zero-order chi connectivity index (χ0) is 42.7. The van der Waals surface area contributed by atoms with Gasteiger partial charge in [-0.3, -0.25) is 28.9 Å². The summed E-state index contributed by atoms with van der Waals surface area (Å²) in [5.41, 5.74) is 5.72. The predicted molar refractivity (Wildman–Crippen MR) is 228 cm³/mol. The van der Waals surface area contributed by atoms with Gasteiger partial charge in [0.25, 0.3) is 0 Å². The lowest BCUT2D eigenvalue weighted by Crippen LogP contribution is -2.46. The number of pyridine rings is 2. The van der Waals surface area contributed by atoms with E-state index in [9.17, 15) is 28.7 Å². The molecule has 1 atom stereocenters. The molecule has 2 fully saturated rings. The lowest BCUT2D eigenvalue weighted by molar-refractivity contribution is -0.135. The third-order valence-electron chi connectivity index (χ3n) is 11.0. The second-order valence-corrected chi connectivity index (χ2v) is 15.3. The number of amides is 4. The maximum absolute atomic E-state index is 13.5. The van der Waals surface area contributed by atoms with Crippen LogP contribution in [0, 0.1) is 17.8 Å². The molecule has 0 radical (unpaired) electrons. The molecule has 2 aromatic carbocycles. The number of benzene rings is 2. The van der Waals surface area contributed by atoms with Crippen LogP contribution in [0.4, 0.5) is 20.6 Å². The Bertz CT molecular complexity index is 2480. The molecule has 0 spiro atoms. The van der Waals surface area contributed by atoms with Crippen LogP contribution in [0.5, 0.6) is 0 Å². The van der Waals surface area contributed by atoms with E-state index in [1.165, 1.54) is 22.5 Å². The first kappa shape index (κ1) is 42.9. The molecule has 0 saturated carbocycles. The number of rotatable bonds is 15. The Kier molecular flexibility index (Phi) is 14.3. The van der Waals surface area contributed by atoms with Gasteiger partial charge in [0.2, 0.25) is 17.8 Å². The number of urea groups is 1. The highest BCUT2D eigenvalue weighted by molar-refractivity contribution is 6.00. The average molecular weight is 832 g/mol. The van der Waals surface area contributed by atoms with Crippen molar-refractivity contribution in [2.45, 2.75) is 57.7 Å². The number of aliphatic hydroxyl groups is 1. The Labute approximate surface area is 352 Å². The number of halogens is 1. The summed E-state index contributed by atoms with van der Waals surface area (Å²) in [6, 6.07) is 17.1. The van der Waals surface area contributed by atoms with Gasteiger partial charge in [0.1, 0.15) is 11.7 Å². The zero-order valence-corrected chi connectivity index (χ0v) is 34.2. The fraction of sp³-hybridized carbons (Fsp3) is 0.378. The number of nitrogens with zero attached hydrogens (tertiary/aromatic N) is 6. The van der Waals surface area contributed by atoms with Gasteiger partial charge in [-0.15, -0.1) is 0 Å². The van der Waals surface area contributed by atoms with Crippen molar-refractivity contribution >= 4 is 40.3 Å². The number of imidazole rings is 1. The number of imide groups is 1. The topological polar surface area (TPSA) is 176 Å². The van der Waals surface area contributed by atoms with Gasteiger partial charge in [0, 0.05) is 94.7 Å². The number of piperidine rings is 1. The summed E-state index contributed by atoms with van der Waals surface area (Å²) in [5, 5.41) is 17.0. The van der Waals surface area contributed by atoms with Crippen LogP contribution >= 0.6 is 0 Å². The molecule has 5 aromatic rings. The third kappa shape index (κ3) is 11.3. The summed E-state index contributed by atoms with van der Waals surface area (Å²) in [7, 11) is 1.71. The summed E-state index contributed by atoms with van der Waals surface area (Å²) in [5.74, 6) is 4.67. The quantitative estimate of drug-likeness (QED) is 0.0515. The van der Waals surface area contributed by atoms with Crippen molar-refractivity contribution in [2.24, 2.45) is 7.05 Å². The van der Waals surface area contributed by atoms with Crippen LogP contribution < -0.4 is 21.6 Å². The third-order valence-corrected chi connectivity index (χ3v) is 11.0. The van der Waals surface area contributed by atoms with Crippen LogP contribution in [0.25, 0.3) is 11.0 Å². The first-order chi connectivity index (χ1) is 29.6. The van der Waals surface area contributed by atoms with Crippen molar-refractivity contribution < 1.29 is 28.6 Å². The van der Waals surface area contributed by atoms with Crippen LogP contribution in [0.1, 0.15) is 66.1 Å². The van der Waals surface area contributed by atoms with E-state index in [0.717, 1.165) is 94.3 Å². The molecule has 61 heavy (non-hydrogen) atoms. The van der Waals surface area contributed by atoms with Gasteiger partial charge in [-0.25, -0.2) is 19.6 Å². The van der Waals surface area contributed by atoms with E-state index >= 15 is 0 Å². The number of aromatic nitrogens is 4. The van der Waals surface area contributed by atoms with E-state index in [2.05, 4.69) is 59.7 Å². The van der Waals surface area contributed by atoms with E-state index in [-0.39, 0.29) is 29.3 Å². The number of unbranched alkanes of at least 4 members (excludes halogenated alkanes) is 1. The molecular formula is C45H50FN9O6. The van der Waals surface area contributed by atoms with Crippen LogP contribution in [0.2, 0.25) is 0 Å². The second-order valence-electron chi connectivity index (χ2n) is 15.3. The molecule has 4 amide bonds. The summed E-state index contributed by atoms with van der Waals surface area (Å²) >= 11 is 0. The van der Waals surface area contributed by atoms with E-state index < -0.39 is 30.5 Å². The number of carbonyl (C=O) groups is 3. The average Bonchev–Trinajstić information content (AvgIpc) is 3.50. The van der Waals surface area contributed by atoms with Crippen molar-refractivity contribution in [2.75, 3.05) is 56.6 Å². The number of aliphatic hydroxyl groups excluding tert-OH is 1. The van der Waals surface area contributed by atoms with E-state index in [4.69, 9.17) is 4.74 Å². The Morgan fingerprint density at radius 2 is 1.67 bits per heavy atom. The Morgan fingerprint density at radius 1 is 0.902 bits per heavy atom. The molecule has 5 heterocycles. The molecule has 4 N–H and O–H groups in total. The Hall–Kier alpha value is -6.25. The smallest absolute Gasteiger partial charge is 0.329 e. The maximum atomic E-state index is 13.5. The van der Waals surface area contributed by atoms with Gasteiger partial charge < -0.3 is 25.4 Å². The molecule has 2 saturated heterocycles. The summed E-state index contributed by atoms with van der Waals surface area (Å²) in [6.07, 6.45) is 7.02. The van der Waals surface area contributed by atoms with Gasteiger partial charge in [-0.1, -0.05) is 24.1 Å². The fourth-order valence-electron chi connectivity index (χ4n) is 7.63. The molecule has 16 heteroatoms. The zero-order valence-electron chi connectivity index (χ0n) is 34.2. The summed E-state index contributed by atoms with van der Waals surface area (Å²) < 4.78 is 22.6. The Morgan fingerprint density at radius 3 is 2.46 bits per heavy atom. The molecule has 7 rings (SSSR count). The van der Waals surface area contributed by atoms with E-state index in [0.29, 0.717) is 29.9 Å². The van der Waals surface area contributed by atoms with Gasteiger partial charge in [-0.2, -0.15) is 4.39 Å². The van der Waals surface area contributed by atoms with Crippen molar-refractivity contribution in [3.8, 4) is 11.8 Å². The first-order valence-electron chi connectivity index (χ1n) is 20.6. The molecule has 2 aliphatic rings. The highest BCUT2D eigenvalue weighted by Crippen LogP contribution is 2.24. The minimum atomic E-state index is -0.773. The molecule has 3 aromatic heterocycles. The number of fused-ring (bicyclic) bond motifs is 1. The van der Waals surface area contributed by atoms with Crippen molar-refractivity contribution in [3.63, 3.8) is 0 Å². The predicted octanol–water partition coefficient (Wildman–Crippen LogP) is 4.33. The largest absolute Gasteiger partial charge is 0.392 e. The van der Waals surface area contributed by atoms with Crippen LogP contribution in [0.15, 0.2) is 77.9 Å². The molecular weight excluding hydrogens is 782 g/mol. The van der Waals surface area contributed by atoms with Gasteiger partial charge in [-0.05, 0) is 92.1 Å². The lowest BCUT2D eigenvalue weighted by atomic mass is 10.1. The Balaban J connectivity index is 0.763. The monoisotopic (exact) mass is 831 g/mol. The van der Waals surface area contributed by atoms with Crippen molar-refractivity contribution in [3.05, 3.63) is 117 Å². The number of ether oxygens (including phenoxy) is 1. The highest BCUT2D eigenvalue weighted by atomic mass is 19.1. The van der Waals surface area contributed by atoms with E-state index in [1.807, 2.05) is 30.3 Å². The number of aryl methyl sites for hydroxylation is 2. The fourth-order valence-corrected chi connectivity index (χ4v) is 7.63. The van der Waals surface area contributed by atoms with Gasteiger partial charge in [0.15, 0.2) is 0 Å². The molecule has 15 nitrogen and oxygen atoms in total. The number of hydrogen-bond acceptors (Lipinski definition) is 10. The minimum Gasteiger partial charge on any atom is -0.392 e. The number of hydrogen-bond donors (Lipinski definition) is 4. The van der Waals surface area contributed by atoms with Gasteiger partial charge >= 0.3 is 11.7 Å². The normalized spacial score (nSPS) is 16.0. The summed E-state index contributed by atoms with van der Waals surface area (Å²) in [4.78, 5) is 62.4. The van der Waals surface area contributed by atoms with E-state index in [1.54, 1.807) is 23.7 Å². The standard InChI is InChI=1S/C45H50FN9O6/c1-52-40-25-32(11-13-38(40)55(45(52)60)39-14-15-42(57)51-43(39)58)5-4-24-61-23-3-2-18-53-19-21-54(22-20-53)29-33-8-6-31(7-9-33)10-12-35-26-36(16-17-47-35)49-44(59)50-37-27-41(46)48-28-34(37)30-56/h6-9,11,13,16-17,25-28,39,56H,2-5,14-15,18-24,29-30H2,1H3,(H,51,57,58)(H2,47,48,49,50,59). The molecule has 318 valence electrons. The SMILES string of the molecule is Cn1c(=O)n(C2CCC(=O)NC2=O)c2ccc(CCCOCCCCN3CCN(Cc4ccc(C#Cc5cc(NC(=O)Nc6cc(F)ncc6CO)ccn5)cc4)CC3)cc21. The van der Waals surface area contributed by atoms with Gasteiger partial charge in [0.05, 0.1) is 23.3 Å². The number of carbonyl (C=O) groups excluding carboxylic acids is 3. The number of anilines is 2. The van der Waals surface area contributed by atoms with Crippen LogP contribution in [-0.2, 0) is 40.9 Å². The second kappa shape index (κ2) is 20.3. The minimum absolute atomic E-state index is 0.125. The van der Waals surface area contributed by atoms with Crippen LogP contribution in [-0.4, -0.2) is 97.8 Å². The number of nitrogens with one attached hydrogen (secondary N) is 3. The lowest BCUT2D eigenvalue weighted by Gasteiger charge is -2.34. The molecule has 2 aliphatic heterocycles. The first-order valence-corrected chi connectivity index (χ1v) is 20.6. The van der Waals surface area contributed by atoms with Crippen molar-refractivity contribution in [1.29, 1.82) is 0 Å². The summed E-state index contributed by atoms with van der Waals surface area (Å²) in [6.45, 7) is 7.01. The molecule has 0 aliphatic carbocycles. The van der Waals surface area contributed by atoms with Crippen LogP contribution in [0.3, 0.4) is 0 Å². The highest BCUT2D eigenvalue weighted by Gasteiger charge is 2.31.